The minimum absolute atomic E-state index is 0.134. The van der Waals surface area contributed by atoms with Gasteiger partial charge in [-0.05, 0) is 44.1 Å². The van der Waals surface area contributed by atoms with Gasteiger partial charge in [0, 0.05) is 12.3 Å². The Bertz CT molecular complexity index is 359. The van der Waals surface area contributed by atoms with Gasteiger partial charge >= 0.3 is 5.97 Å². The standard InChI is InChI=1S/C17H28O3/c1-12(2)17-14(4)7-5-6-13(3)8-9-15(18)10-11-16(19)20-17/h5,7,13-15,17-18H,1,6,8-11H2,2-4H3/b7-5+. The van der Waals surface area contributed by atoms with Crippen molar-refractivity contribution in [2.45, 2.75) is 65.1 Å². The summed E-state index contributed by atoms with van der Waals surface area (Å²) in [5.74, 6) is 0.438. The van der Waals surface area contributed by atoms with Crippen molar-refractivity contribution in [1.82, 2.24) is 0 Å². The van der Waals surface area contributed by atoms with E-state index in [4.69, 9.17) is 4.74 Å². The van der Waals surface area contributed by atoms with Gasteiger partial charge in [-0.25, -0.2) is 0 Å². The number of carbonyl (C=O) groups excluding carboxylic acids is 1. The van der Waals surface area contributed by atoms with Crippen LogP contribution in [0.25, 0.3) is 0 Å². The van der Waals surface area contributed by atoms with E-state index in [1.807, 2.05) is 13.8 Å². The van der Waals surface area contributed by atoms with Gasteiger partial charge in [-0.3, -0.25) is 4.79 Å². The van der Waals surface area contributed by atoms with Gasteiger partial charge in [0.15, 0.2) is 0 Å². The van der Waals surface area contributed by atoms with Crippen molar-refractivity contribution in [2.75, 3.05) is 0 Å². The Balaban J connectivity index is 2.78. The molecule has 0 bridgehead atoms. The van der Waals surface area contributed by atoms with Crippen molar-refractivity contribution >= 4 is 5.97 Å². The summed E-state index contributed by atoms with van der Waals surface area (Å²) < 4.78 is 5.51. The number of ether oxygens (including phenoxy) is 1. The van der Waals surface area contributed by atoms with Crippen LogP contribution >= 0.6 is 0 Å². The molecule has 0 aliphatic carbocycles. The minimum Gasteiger partial charge on any atom is -0.457 e. The first-order chi connectivity index (χ1) is 9.40. The molecule has 4 atom stereocenters. The van der Waals surface area contributed by atoms with Crippen LogP contribution in [-0.4, -0.2) is 23.3 Å². The van der Waals surface area contributed by atoms with Gasteiger partial charge in [0.25, 0.3) is 0 Å². The van der Waals surface area contributed by atoms with Crippen LogP contribution in [0.1, 0.15) is 52.9 Å². The first-order valence-corrected chi connectivity index (χ1v) is 7.59. The van der Waals surface area contributed by atoms with E-state index < -0.39 is 6.10 Å². The lowest BCUT2D eigenvalue weighted by atomic mass is 9.95. The van der Waals surface area contributed by atoms with Crippen molar-refractivity contribution in [3.8, 4) is 0 Å². The van der Waals surface area contributed by atoms with Gasteiger partial charge in [0.1, 0.15) is 6.10 Å². The highest BCUT2D eigenvalue weighted by molar-refractivity contribution is 5.69. The number of aliphatic hydroxyl groups excluding tert-OH is 1. The Kier molecular flexibility index (Phi) is 7.00. The molecular weight excluding hydrogens is 252 g/mol. The molecule has 4 unspecified atom stereocenters. The SMILES string of the molecule is C=C(C)C1OC(=O)CCC(O)CCC(C)C/C=C/C1C. The molecule has 20 heavy (non-hydrogen) atoms. The zero-order valence-electron chi connectivity index (χ0n) is 13.0. The Morgan fingerprint density at radius 2 is 2.05 bits per heavy atom. The molecule has 0 amide bonds. The van der Waals surface area contributed by atoms with Crippen LogP contribution in [0.4, 0.5) is 0 Å². The first-order valence-electron chi connectivity index (χ1n) is 7.59. The number of allylic oxidation sites excluding steroid dienone is 1. The molecule has 114 valence electrons. The van der Waals surface area contributed by atoms with E-state index in [-0.39, 0.29) is 24.4 Å². The molecule has 0 aromatic rings. The first kappa shape index (κ1) is 17.0. The molecule has 1 rings (SSSR count). The second-order valence-corrected chi connectivity index (χ2v) is 6.15. The molecule has 0 spiro atoms. The third kappa shape index (κ3) is 5.91. The molecule has 0 fully saturated rings. The molecule has 0 aromatic heterocycles. The van der Waals surface area contributed by atoms with E-state index in [1.165, 1.54) is 0 Å². The molecule has 1 N–H and O–H groups in total. The maximum atomic E-state index is 11.9. The summed E-state index contributed by atoms with van der Waals surface area (Å²) >= 11 is 0. The van der Waals surface area contributed by atoms with Crippen LogP contribution < -0.4 is 0 Å². The largest absolute Gasteiger partial charge is 0.457 e. The minimum atomic E-state index is -0.407. The molecule has 0 saturated heterocycles. The second-order valence-electron chi connectivity index (χ2n) is 6.15. The summed E-state index contributed by atoms with van der Waals surface area (Å²) in [6, 6.07) is 0. The molecular formula is C17H28O3. The average molecular weight is 280 g/mol. The molecule has 0 aromatic carbocycles. The summed E-state index contributed by atoms with van der Waals surface area (Å²) in [6.07, 6.45) is 7.07. The number of hydrogen-bond donors (Lipinski definition) is 1. The summed E-state index contributed by atoms with van der Waals surface area (Å²) in [5, 5.41) is 9.88. The Labute approximate surface area is 122 Å². The van der Waals surface area contributed by atoms with Crippen LogP contribution in [0.5, 0.6) is 0 Å². The van der Waals surface area contributed by atoms with Crippen LogP contribution in [0.15, 0.2) is 24.3 Å². The maximum Gasteiger partial charge on any atom is 0.306 e. The molecule has 3 heteroatoms. The van der Waals surface area contributed by atoms with Crippen molar-refractivity contribution in [2.24, 2.45) is 11.8 Å². The van der Waals surface area contributed by atoms with E-state index in [0.29, 0.717) is 12.3 Å². The van der Waals surface area contributed by atoms with Gasteiger partial charge in [-0.15, -0.1) is 0 Å². The highest BCUT2D eigenvalue weighted by Crippen LogP contribution is 2.21. The van der Waals surface area contributed by atoms with Gasteiger partial charge < -0.3 is 9.84 Å². The van der Waals surface area contributed by atoms with Crippen LogP contribution in [0.3, 0.4) is 0 Å². The monoisotopic (exact) mass is 280 g/mol. The zero-order valence-corrected chi connectivity index (χ0v) is 13.0. The Morgan fingerprint density at radius 3 is 2.70 bits per heavy atom. The van der Waals surface area contributed by atoms with Crippen molar-refractivity contribution in [3.05, 3.63) is 24.3 Å². The highest BCUT2D eigenvalue weighted by atomic mass is 16.5. The Hall–Kier alpha value is -1.09. The fraction of sp³-hybridized carbons (Fsp3) is 0.706. The number of hydrogen-bond acceptors (Lipinski definition) is 3. The number of esters is 1. The second kappa shape index (κ2) is 8.25. The molecule has 0 radical (unpaired) electrons. The topological polar surface area (TPSA) is 46.5 Å². The van der Waals surface area contributed by atoms with E-state index in [9.17, 15) is 9.90 Å². The lowest BCUT2D eigenvalue weighted by Crippen LogP contribution is -2.25. The lowest BCUT2D eigenvalue weighted by Gasteiger charge is -2.22. The fourth-order valence-corrected chi connectivity index (χ4v) is 2.51. The van der Waals surface area contributed by atoms with E-state index in [0.717, 1.165) is 24.8 Å². The van der Waals surface area contributed by atoms with Gasteiger partial charge in [0.05, 0.1) is 6.10 Å². The summed E-state index contributed by atoms with van der Waals surface area (Å²) in [5.41, 5.74) is 0.860. The van der Waals surface area contributed by atoms with Crippen LogP contribution in [-0.2, 0) is 9.53 Å². The number of cyclic esters (lactones) is 1. The van der Waals surface area contributed by atoms with Crippen molar-refractivity contribution < 1.29 is 14.6 Å². The molecule has 3 nitrogen and oxygen atoms in total. The van der Waals surface area contributed by atoms with Crippen molar-refractivity contribution in [1.29, 1.82) is 0 Å². The van der Waals surface area contributed by atoms with Crippen LogP contribution in [0.2, 0.25) is 0 Å². The van der Waals surface area contributed by atoms with Crippen LogP contribution in [0, 0.1) is 11.8 Å². The van der Waals surface area contributed by atoms with Gasteiger partial charge in [0.2, 0.25) is 0 Å². The third-order valence-electron chi connectivity index (χ3n) is 3.87. The predicted molar refractivity (Wildman–Crippen MR) is 81.3 cm³/mol. The highest BCUT2D eigenvalue weighted by Gasteiger charge is 2.21. The molecule has 1 heterocycles. The van der Waals surface area contributed by atoms with E-state index >= 15 is 0 Å². The molecule has 1 aliphatic heterocycles. The smallest absolute Gasteiger partial charge is 0.306 e. The summed E-state index contributed by atoms with van der Waals surface area (Å²) in [4.78, 5) is 11.9. The quantitative estimate of drug-likeness (QED) is 0.589. The van der Waals surface area contributed by atoms with E-state index in [2.05, 4.69) is 25.7 Å². The van der Waals surface area contributed by atoms with Crippen molar-refractivity contribution in [3.63, 3.8) is 0 Å². The lowest BCUT2D eigenvalue weighted by molar-refractivity contribution is -0.149. The zero-order chi connectivity index (χ0) is 15.1. The van der Waals surface area contributed by atoms with E-state index in [1.54, 1.807) is 0 Å². The number of rotatable bonds is 1. The summed E-state index contributed by atoms with van der Waals surface area (Å²) in [6.45, 7) is 10.0. The van der Waals surface area contributed by atoms with Gasteiger partial charge in [-0.2, -0.15) is 0 Å². The van der Waals surface area contributed by atoms with Gasteiger partial charge in [-0.1, -0.05) is 32.6 Å². The molecule has 1 aliphatic rings. The number of carbonyl (C=O) groups is 1. The fourth-order valence-electron chi connectivity index (χ4n) is 2.51. The predicted octanol–water partition coefficient (Wildman–Crippen LogP) is 3.63. The average Bonchev–Trinajstić information content (AvgIpc) is 2.39. The number of aliphatic hydroxyl groups is 1. The normalized spacial score (nSPS) is 35.1. The summed E-state index contributed by atoms with van der Waals surface area (Å²) in [7, 11) is 0. The Morgan fingerprint density at radius 1 is 1.35 bits per heavy atom. The molecule has 0 saturated carbocycles. The maximum absolute atomic E-state index is 11.9. The third-order valence-corrected chi connectivity index (χ3v) is 3.87.